The van der Waals surface area contributed by atoms with Crippen LogP contribution in [0.2, 0.25) is 0 Å². The Morgan fingerprint density at radius 1 is 1.25 bits per heavy atom. The van der Waals surface area contributed by atoms with Gasteiger partial charge in [-0.05, 0) is 24.6 Å². The molecule has 0 aliphatic rings. The molecule has 0 aliphatic carbocycles. The lowest BCUT2D eigenvalue weighted by atomic mass is 10.1. The van der Waals surface area contributed by atoms with E-state index in [-0.39, 0.29) is 11.5 Å². The zero-order chi connectivity index (χ0) is 14.5. The third-order valence-electron chi connectivity index (χ3n) is 2.83. The number of nitrogens with zero attached hydrogens (tertiary/aromatic N) is 1. The minimum Gasteiger partial charge on any atom is -0.382 e. The van der Waals surface area contributed by atoms with Crippen molar-refractivity contribution in [1.29, 1.82) is 0 Å². The number of rotatable bonds is 5. The molecule has 104 valence electrons. The zero-order valence-electron chi connectivity index (χ0n) is 10.5. The van der Waals surface area contributed by atoms with Crippen LogP contribution in [0.1, 0.15) is 5.56 Å². The molecule has 6 heteroatoms. The van der Waals surface area contributed by atoms with Gasteiger partial charge in [0.25, 0.3) is 5.69 Å². The van der Waals surface area contributed by atoms with Gasteiger partial charge in [0.15, 0.2) is 0 Å². The van der Waals surface area contributed by atoms with E-state index in [2.05, 4.69) is 21.2 Å². The predicted octanol–water partition coefficient (Wildman–Crippen LogP) is 4.15. The van der Waals surface area contributed by atoms with Gasteiger partial charge in [-0.1, -0.05) is 34.1 Å². The first-order valence-corrected chi connectivity index (χ1v) is 6.78. The Morgan fingerprint density at radius 2 is 2.00 bits per heavy atom. The topological polar surface area (TPSA) is 55.2 Å². The summed E-state index contributed by atoms with van der Waals surface area (Å²) in [6.07, 6.45) is 0.451. The molecule has 2 aromatic carbocycles. The van der Waals surface area contributed by atoms with Gasteiger partial charge >= 0.3 is 0 Å². The average molecular weight is 339 g/mol. The first-order chi connectivity index (χ1) is 9.58. The molecule has 0 fully saturated rings. The lowest BCUT2D eigenvalue weighted by Crippen LogP contribution is -2.07. The maximum Gasteiger partial charge on any atom is 0.272 e. The van der Waals surface area contributed by atoms with Crippen molar-refractivity contribution >= 4 is 27.3 Å². The first kappa shape index (κ1) is 14.5. The fourth-order valence-corrected chi connectivity index (χ4v) is 2.20. The molecule has 0 radical (unpaired) electrons. The highest BCUT2D eigenvalue weighted by molar-refractivity contribution is 9.10. The van der Waals surface area contributed by atoms with E-state index in [1.54, 1.807) is 30.3 Å². The van der Waals surface area contributed by atoms with Crippen LogP contribution >= 0.6 is 15.9 Å². The van der Waals surface area contributed by atoms with Gasteiger partial charge in [-0.3, -0.25) is 10.1 Å². The maximum atomic E-state index is 13.6. The van der Waals surface area contributed by atoms with Crippen LogP contribution in [0.3, 0.4) is 0 Å². The molecule has 0 aliphatic heterocycles. The highest BCUT2D eigenvalue weighted by Crippen LogP contribution is 2.21. The molecule has 0 unspecified atom stereocenters. The molecule has 4 nitrogen and oxygen atoms in total. The number of anilines is 1. The van der Waals surface area contributed by atoms with E-state index >= 15 is 0 Å². The molecule has 2 rings (SSSR count). The van der Waals surface area contributed by atoms with Crippen LogP contribution in [-0.4, -0.2) is 11.5 Å². The minimum atomic E-state index is -0.407. The number of nitro benzene ring substituents is 1. The Labute approximate surface area is 123 Å². The summed E-state index contributed by atoms with van der Waals surface area (Å²) >= 11 is 3.18. The minimum absolute atomic E-state index is 0.0885. The molecule has 0 bridgehead atoms. The monoisotopic (exact) mass is 338 g/mol. The normalized spacial score (nSPS) is 10.3. The second-order valence-corrected chi connectivity index (χ2v) is 5.10. The van der Waals surface area contributed by atoms with E-state index in [0.717, 1.165) is 0 Å². The van der Waals surface area contributed by atoms with Crippen LogP contribution in [-0.2, 0) is 6.42 Å². The second kappa shape index (κ2) is 6.47. The van der Waals surface area contributed by atoms with E-state index in [9.17, 15) is 14.5 Å². The van der Waals surface area contributed by atoms with Crippen molar-refractivity contribution < 1.29 is 9.31 Å². The van der Waals surface area contributed by atoms with Gasteiger partial charge in [-0.2, -0.15) is 0 Å². The zero-order valence-corrected chi connectivity index (χ0v) is 12.1. The summed E-state index contributed by atoms with van der Waals surface area (Å²) in [7, 11) is 0. The summed E-state index contributed by atoms with van der Waals surface area (Å²) in [6.45, 7) is 0.420. The van der Waals surface area contributed by atoms with Crippen LogP contribution in [0.4, 0.5) is 15.8 Å². The van der Waals surface area contributed by atoms with Crippen LogP contribution in [0.15, 0.2) is 46.9 Å². The fraction of sp³-hybridized carbons (Fsp3) is 0.143. The van der Waals surface area contributed by atoms with Gasteiger partial charge in [0.05, 0.1) is 10.6 Å². The van der Waals surface area contributed by atoms with Crippen molar-refractivity contribution in [3.8, 4) is 0 Å². The molecule has 2 aromatic rings. The Hall–Kier alpha value is -1.95. The SMILES string of the molecule is O=[N+]([O-])c1ccccc1CCNc1ccc(Br)cc1F. The lowest BCUT2D eigenvalue weighted by molar-refractivity contribution is -0.385. The van der Waals surface area contributed by atoms with E-state index in [4.69, 9.17) is 0 Å². The summed E-state index contributed by atoms with van der Waals surface area (Å²) in [5, 5.41) is 13.8. The molecule has 20 heavy (non-hydrogen) atoms. The molecule has 0 saturated heterocycles. The average Bonchev–Trinajstić information content (AvgIpc) is 2.41. The van der Waals surface area contributed by atoms with E-state index in [1.807, 2.05) is 0 Å². The van der Waals surface area contributed by atoms with Gasteiger partial charge in [-0.25, -0.2) is 4.39 Å². The third-order valence-corrected chi connectivity index (χ3v) is 3.32. The number of halogens is 2. The second-order valence-electron chi connectivity index (χ2n) is 4.19. The van der Waals surface area contributed by atoms with Gasteiger partial charge in [0.2, 0.25) is 0 Å². The fourth-order valence-electron chi connectivity index (χ4n) is 1.87. The Kier molecular flexibility index (Phi) is 4.68. The molecule has 1 N–H and O–H groups in total. The number of benzene rings is 2. The lowest BCUT2D eigenvalue weighted by Gasteiger charge is -2.08. The Bertz CT molecular complexity index is 634. The Balaban J connectivity index is 2.01. The largest absolute Gasteiger partial charge is 0.382 e. The van der Waals surface area contributed by atoms with Gasteiger partial charge < -0.3 is 5.32 Å². The van der Waals surface area contributed by atoms with E-state index in [0.29, 0.717) is 28.7 Å². The highest BCUT2D eigenvalue weighted by atomic mass is 79.9. The highest BCUT2D eigenvalue weighted by Gasteiger charge is 2.11. The molecular formula is C14H12BrFN2O2. The van der Waals surface area contributed by atoms with Crippen molar-refractivity contribution in [2.24, 2.45) is 0 Å². The van der Waals surface area contributed by atoms with Crippen molar-refractivity contribution in [1.82, 2.24) is 0 Å². The van der Waals surface area contributed by atoms with Crippen LogP contribution in [0.5, 0.6) is 0 Å². The number of para-hydroxylation sites is 1. The summed E-state index contributed by atoms with van der Waals surface area (Å²) in [6, 6.07) is 11.3. The predicted molar refractivity (Wildman–Crippen MR) is 79.4 cm³/mol. The number of hydrogen-bond acceptors (Lipinski definition) is 3. The van der Waals surface area contributed by atoms with Crippen molar-refractivity contribution in [2.45, 2.75) is 6.42 Å². The van der Waals surface area contributed by atoms with E-state index < -0.39 is 4.92 Å². The van der Waals surface area contributed by atoms with Gasteiger partial charge in [0, 0.05) is 22.6 Å². The van der Waals surface area contributed by atoms with Crippen molar-refractivity contribution in [2.75, 3.05) is 11.9 Å². The molecule has 0 heterocycles. The molecule has 0 amide bonds. The third kappa shape index (κ3) is 3.54. The van der Waals surface area contributed by atoms with Gasteiger partial charge in [-0.15, -0.1) is 0 Å². The standard InChI is InChI=1S/C14H12BrFN2O2/c15-11-5-6-13(12(16)9-11)17-8-7-10-3-1-2-4-14(10)18(19)20/h1-6,9,17H,7-8H2. The van der Waals surface area contributed by atoms with Crippen LogP contribution in [0, 0.1) is 15.9 Å². The molecule has 0 atom stereocenters. The maximum absolute atomic E-state index is 13.6. The van der Waals surface area contributed by atoms with Gasteiger partial charge in [0.1, 0.15) is 5.82 Å². The molecule has 0 aromatic heterocycles. The summed E-state index contributed by atoms with van der Waals surface area (Å²) < 4.78 is 14.2. The van der Waals surface area contributed by atoms with Crippen molar-refractivity contribution in [3.05, 3.63) is 68.4 Å². The quantitative estimate of drug-likeness (QED) is 0.658. The first-order valence-electron chi connectivity index (χ1n) is 5.99. The Morgan fingerprint density at radius 3 is 2.70 bits per heavy atom. The van der Waals surface area contributed by atoms with Crippen LogP contribution in [0.25, 0.3) is 0 Å². The van der Waals surface area contributed by atoms with Crippen LogP contribution < -0.4 is 5.32 Å². The number of hydrogen-bond donors (Lipinski definition) is 1. The molecular weight excluding hydrogens is 327 g/mol. The summed E-state index contributed by atoms with van der Waals surface area (Å²) in [5.41, 5.74) is 1.10. The number of nitrogens with one attached hydrogen (secondary N) is 1. The molecule has 0 spiro atoms. The number of nitro groups is 1. The van der Waals surface area contributed by atoms with Crippen molar-refractivity contribution in [3.63, 3.8) is 0 Å². The van der Waals surface area contributed by atoms with E-state index in [1.165, 1.54) is 12.1 Å². The summed E-state index contributed by atoms with van der Waals surface area (Å²) in [5.74, 6) is -0.359. The molecule has 0 saturated carbocycles. The smallest absolute Gasteiger partial charge is 0.272 e. The summed E-state index contributed by atoms with van der Waals surface area (Å²) in [4.78, 5) is 10.5.